The molecule has 5 rings (SSSR count). The van der Waals surface area contributed by atoms with Crippen LogP contribution in [0.2, 0.25) is 0 Å². The first-order chi connectivity index (χ1) is 13.4. The van der Waals surface area contributed by atoms with Crippen LogP contribution in [0.3, 0.4) is 0 Å². The lowest BCUT2D eigenvalue weighted by atomic mass is 10.0. The molecule has 2 heterocycles. The highest BCUT2D eigenvalue weighted by molar-refractivity contribution is 5.94. The molecule has 0 radical (unpaired) electrons. The summed E-state index contributed by atoms with van der Waals surface area (Å²) in [6.45, 7) is 0. The molecule has 0 saturated heterocycles. The third kappa shape index (κ3) is 3.14. The number of rotatable bonds is 4. The van der Waals surface area contributed by atoms with Crippen LogP contribution in [0.4, 0.5) is 11.5 Å². The molecule has 0 bridgehead atoms. The lowest BCUT2D eigenvalue weighted by Gasteiger charge is -2.12. The number of hydrogen-bond acceptors (Lipinski definition) is 4. The lowest BCUT2D eigenvalue weighted by molar-refractivity contribution is 0.912. The van der Waals surface area contributed by atoms with Crippen molar-refractivity contribution in [1.29, 1.82) is 0 Å². The highest BCUT2D eigenvalue weighted by atomic mass is 15.2. The first kappa shape index (κ1) is 15.9. The van der Waals surface area contributed by atoms with Crippen molar-refractivity contribution in [2.75, 3.05) is 5.32 Å². The first-order valence-electron chi connectivity index (χ1n) is 9.39. The minimum atomic E-state index is 0.745. The summed E-state index contributed by atoms with van der Waals surface area (Å²) in [7, 11) is 0. The Labute approximate surface area is 158 Å². The second-order valence-corrected chi connectivity index (χ2v) is 7.04. The van der Waals surface area contributed by atoms with Crippen LogP contribution in [0.1, 0.15) is 28.8 Å². The zero-order chi connectivity index (χ0) is 18.1. The number of nitrogens with zero attached hydrogens (tertiary/aromatic N) is 3. The molecule has 4 heteroatoms. The van der Waals surface area contributed by atoms with Crippen LogP contribution in [-0.2, 0) is 19.3 Å². The van der Waals surface area contributed by atoms with Gasteiger partial charge in [-0.1, -0.05) is 30.3 Å². The summed E-state index contributed by atoms with van der Waals surface area (Å²) in [5.41, 5.74) is 6.17. The number of benzene rings is 2. The minimum absolute atomic E-state index is 0.745. The molecule has 0 spiro atoms. The van der Waals surface area contributed by atoms with Crippen molar-refractivity contribution in [3.8, 4) is 0 Å². The Morgan fingerprint density at radius 2 is 1.63 bits per heavy atom. The minimum Gasteiger partial charge on any atom is -0.338 e. The molecule has 0 fully saturated rings. The Bertz CT molecular complexity index is 1110. The predicted molar refractivity (Wildman–Crippen MR) is 108 cm³/mol. The molecule has 132 valence electrons. The van der Waals surface area contributed by atoms with Crippen LogP contribution in [-0.4, -0.2) is 15.2 Å². The summed E-state index contributed by atoms with van der Waals surface area (Å²) in [6.07, 6.45) is 7.99. The lowest BCUT2D eigenvalue weighted by Crippen LogP contribution is -2.02. The summed E-state index contributed by atoms with van der Waals surface area (Å²) < 4.78 is 0. The van der Waals surface area contributed by atoms with Crippen molar-refractivity contribution in [2.24, 2.45) is 0 Å². The SMILES string of the molecule is c1ccc2c(Nc3ccc4c(c3)CCC4)nnc(Cc3ccncc3)c2c1. The van der Waals surface area contributed by atoms with Gasteiger partial charge in [-0.3, -0.25) is 4.98 Å². The fourth-order valence-corrected chi connectivity index (χ4v) is 3.86. The van der Waals surface area contributed by atoms with Gasteiger partial charge in [0.25, 0.3) is 0 Å². The number of nitrogens with one attached hydrogen (secondary N) is 1. The second-order valence-electron chi connectivity index (χ2n) is 7.04. The van der Waals surface area contributed by atoms with Gasteiger partial charge in [-0.2, -0.15) is 5.10 Å². The third-order valence-corrected chi connectivity index (χ3v) is 5.25. The van der Waals surface area contributed by atoms with E-state index in [2.05, 4.69) is 56.9 Å². The Hall–Kier alpha value is -3.27. The number of aromatic nitrogens is 3. The van der Waals surface area contributed by atoms with E-state index in [1.54, 1.807) is 0 Å². The molecule has 0 atom stereocenters. The molecule has 0 amide bonds. The van der Waals surface area contributed by atoms with Crippen LogP contribution in [0.15, 0.2) is 67.0 Å². The zero-order valence-corrected chi connectivity index (χ0v) is 15.0. The molecule has 27 heavy (non-hydrogen) atoms. The van der Waals surface area contributed by atoms with Crippen LogP contribution >= 0.6 is 0 Å². The van der Waals surface area contributed by atoms with E-state index in [0.717, 1.165) is 34.4 Å². The van der Waals surface area contributed by atoms with E-state index < -0.39 is 0 Å². The molecule has 0 unspecified atom stereocenters. The fourth-order valence-electron chi connectivity index (χ4n) is 3.86. The number of aryl methyl sites for hydroxylation is 2. The molecular formula is C23H20N4. The average molecular weight is 352 g/mol. The molecule has 4 nitrogen and oxygen atoms in total. The van der Waals surface area contributed by atoms with Crippen LogP contribution in [0, 0.1) is 0 Å². The Morgan fingerprint density at radius 1 is 0.815 bits per heavy atom. The Morgan fingerprint density at radius 3 is 2.52 bits per heavy atom. The van der Waals surface area contributed by atoms with Gasteiger partial charge in [0, 0.05) is 35.3 Å². The average Bonchev–Trinajstić information content (AvgIpc) is 3.18. The molecule has 1 N–H and O–H groups in total. The molecule has 0 saturated carbocycles. The standard InChI is InChI=1S/C23H20N4/c1-2-7-21-20(6-1)22(14-16-10-12-24-13-11-16)26-27-23(21)25-19-9-8-17-4-3-5-18(17)15-19/h1-2,6-13,15H,3-5,14H2,(H,25,27). The highest BCUT2D eigenvalue weighted by Gasteiger charge is 2.13. The Kier molecular flexibility index (Phi) is 4.02. The molecule has 0 aliphatic heterocycles. The summed E-state index contributed by atoms with van der Waals surface area (Å²) in [5.74, 6) is 0.807. The maximum absolute atomic E-state index is 4.54. The van der Waals surface area contributed by atoms with Crippen molar-refractivity contribution in [3.63, 3.8) is 0 Å². The van der Waals surface area contributed by atoms with Crippen LogP contribution < -0.4 is 5.32 Å². The Balaban J connectivity index is 1.51. The monoisotopic (exact) mass is 352 g/mol. The smallest absolute Gasteiger partial charge is 0.160 e. The topological polar surface area (TPSA) is 50.7 Å². The highest BCUT2D eigenvalue weighted by Crippen LogP contribution is 2.29. The van der Waals surface area contributed by atoms with Gasteiger partial charge in [-0.25, -0.2) is 0 Å². The fraction of sp³-hybridized carbons (Fsp3) is 0.174. The van der Waals surface area contributed by atoms with E-state index in [1.807, 2.05) is 30.6 Å². The van der Waals surface area contributed by atoms with Gasteiger partial charge in [0.05, 0.1) is 5.69 Å². The molecule has 1 aliphatic carbocycles. The quantitative estimate of drug-likeness (QED) is 0.570. The summed E-state index contributed by atoms with van der Waals surface area (Å²) in [6, 6.07) is 19.0. The maximum atomic E-state index is 4.54. The maximum Gasteiger partial charge on any atom is 0.160 e. The number of anilines is 2. The van der Waals surface area contributed by atoms with Gasteiger partial charge in [0.15, 0.2) is 5.82 Å². The van der Waals surface area contributed by atoms with Crippen molar-refractivity contribution >= 4 is 22.3 Å². The van der Waals surface area contributed by atoms with Gasteiger partial charge >= 0.3 is 0 Å². The van der Waals surface area contributed by atoms with E-state index >= 15 is 0 Å². The predicted octanol–water partition coefficient (Wildman–Crippen LogP) is 4.85. The van der Waals surface area contributed by atoms with Gasteiger partial charge < -0.3 is 5.32 Å². The zero-order valence-electron chi connectivity index (χ0n) is 15.0. The van der Waals surface area contributed by atoms with Gasteiger partial charge in [0.1, 0.15) is 0 Å². The first-order valence-corrected chi connectivity index (χ1v) is 9.39. The van der Waals surface area contributed by atoms with Gasteiger partial charge in [-0.05, 0) is 60.2 Å². The van der Waals surface area contributed by atoms with Crippen molar-refractivity contribution in [2.45, 2.75) is 25.7 Å². The molecule has 4 aromatic rings. The molecule has 2 aromatic carbocycles. The van der Waals surface area contributed by atoms with Gasteiger partial charge in [-0.15, -0.1) is 5.10 Å². The normalized spacial score (nSPS) is 12.9. The van der Waals surface area contributed by atoms with E-state index in [1.165, 1.54) is 36.0 Å². The molecule has 2 aromatic heterocycles. The number of hydrogen-bond donors (Lipinski definition) is 1. The summed E-state index contributed by atoms with van der Waals surface area (Å²) in [4.78, 5) is 4.09. The largest absolute Gasteiger partial charge is 0.338 e. The van der Waals surface area contributed by atoms with Crippen LogP contribution in [0.5, 0.6) is 0 Å². The van der Waals surface area contributed by atoms with Crippen molar-refractivity contribution in [1.82, 2.24) is 15.2 Å². The third-order valence-electron chi connectivity index (χ3n) is 5.25. The molecule has 1 aliphatic rings. The van der Waals surface area contributed by atoms with Gasteiger partial charge in [0.2, 0.25) is 0 Å². The van der Waals surface area contributed by atoms with Crippen LogP contribution in [0.25, 0.3) is 10.8 Å². The number of pyridine rings is 1. The van der Waals surface area contributed by atoms with E-state index in [0.29, 0.717) is 0 Å². The van der Waals surface area contributed by atoms with E-state index in [-0.39, 0.29) is 0 Å². The second kappa shape index (κ2) is 6.80. The summed E-state index contributed by atoms with van der Waals surface area (Å²) in [5, 5.41) is 14.8. The van der Waals surface area contributed by atoms with E-state index in [9.17, 15) is 0 Å². The van der Waals surface area contributed by atoms with E-state index in [4.69, 9.17) is 0 Å². The molecular weight excluding hydrogens is 332 g/mol. The van der Waals surface area contributed by atoms with Crippen molar-refractivity contribution < 1.29 is 0 Å². The summed E-state index contributed by atoms with van der Waals surface area (Å²) >= 11 is 0. The number of fused-ring (bicyclic) bond motifs is 2. The van der Waals surface area contributed by atoms with Crippen molar-refractivity contribution in [3.05, 3.63) is 89.4 Å².